The number of ether oxygens (including phenoxy) is 1. The van der Waals surface area contributed by atoms with Gasteiger partial charge in [-0.25, -0.2) is 15.0 Å². The predicted octanol–water partition coefficient (Wildman–Crippen LogP) is 2.55. The Labute approximate surface area is 206 Å². The standard InChI is InChI=1S/C25H24N8O3/c1-2-22(35)30-17-6-8-26-20(11-17)24-23-16(5-7-27-24)12-29-25(32-23)31-18-3-4-21(28-13-18)33-9-10-36-19(14-33)15-34/h2-8,11-13,19,34H,1,9-10,14-15H2,(H,26,30,35)(H,29,31,32). The maximum Gasteiger partial charge on any atom is 0.247 e. The molecule has 1 atom stereocenters. The number of aliphatic hydroxyl groups excluding tert-OH is 1. The normalized spacial score (nSPS) is 15.5. The number of aliphatic hydroxyl groups is 1. The summed E-state index contributed by atoms with van der Waals surface area (Å²) >= 11 is 0. The average molecular weight is 485 g/mol. The van der Waals surface area contributed by atoms with Gasteiger partial charge in [-0.05, 0) is 36.4 Å². The Morgan fingerprint density at radius 2 is 2.03 bits per heavy atom. The number of pyridine rings is 3. The van der Waals surface area contributed by atoms with Gasteiger partial charge in [0.05, 0.1) is 36.9 Å². The molecular formula is C25H24N8O3. The number of hydrogen-bond donors (Lipinski definition) is 3. The third-order valence-corrected chi connectivity index (χ3v) is 5.63. The van der Waals surface area contributed by atoms with E-state index in [0.29, 0.717) is 48.2 Å². The van der Waals surface area contributed by atoms with Gasteiger partial charge in [-0.15, -0.1) is 0 Å². The van der Waals surface area contributed by atoms with Crippen molar-refractivity contribution in [3.63, 3.8) is 0 Å². The first-order chi connectivity index (χ1) is 17.6. The van der Waals surface area contributed by atoms with Crippen molar-refractivity contribution in [3.05, 3.63) is 67.8 Å². The van der Waals surface area contributed by atoms with E-state index in [1.54, 1.807) is 36.9 Å². The number of morpholine rings is 1. The van der Waals surface area contributed by atoms with Crippen LogP contribution in [0.15, 0.2) is 67.8 Å². The second-order valence-electron chi connectivity index (χ2n) is 8.07. The number of amides is 1. The van der Waals surface area contributed by atoms with Gasteiger partial charge < -0.3 is 25.4 Å². The number of carbonyl (C=O) groups excluding carboxylic acids is 1. The maximum absolute atomic E-state index is 11.7. The fourth-order valence-electron chi connectivity index (χ4n) is 3.85. The monoisotopic (exact) mass is 484 g/mol. The number of rotatable bonds is 7. The van der Waals surface area contributed by atoms with Gasteiger partial charge >= 0.3 is 0 Å². The van der Waals surface area contributed by atoms with Gasteiger partial charge in [-0.1, -0.05) is 6.58 Å². The van der Waals surface area contributed by atoms with Gasteiger partial charge in [-0.3, -0.25) is 14.8 Å². The van der Waals surface area contributed by atoms with Crippen molar-refractivity contribution >= 4 is 40.0 Å². The molecular weight excluding hydrogens is 460 g/mol. The maximum atomic E-state index is 11.7. The summed E-state index contributed by atoms with van der Waals surface area (Å²) < 4.78 is 5.51. The first-order valence-electron chi connectivity index (χ1n) is 11.3. The van der Waals surface area contributed by atoms with E-state index >= 15 is 0 Å². The highest BCUT2D eigenvalue weighted by Gasteiger charge is 2.20. The second kappa shape index (κ2) is 10.4. The number of nitrogens with one attached hydrogen (secondary N) is 2. The minimum Gasteiger partial charge on any atom is -0.394 e. The van der Waals surface area contributed by atoms with Crippen LogP contribution in [0.3, 0.4) is 0 Å². The molecule has 182 valence electrons. The molecule has 1 fully saturated rings. The van der Waals surface area contributed by atoms with Gasteiger partial charge in [0, 0.05) is 42.8 Å². The third kappa shape index (κ3) is 5.11. The van der Waals surface area contributed by atoms with Crippen molar-refractivity contribution in [3.8, 4) is 11.4 Å². The van der Waals surface area contributed by atoms with E-state index in [2.05, 4.69) is 47.0 Å². The zero-order valence-electron chi connectivity index (χ0n) is 19.3. The molecule has 5 rings (SSSR count). The van der Waals surface area contributed by atoms with E-state index < -0.39 is 0 Å². The molecule has 1 unspecified atom stereocenters. The summed E-state index contributed by atoms with van der Waals surface area (Å²) in [5.74, 6) is 0.880. The Morgan fingerprint density at radius 1 is 1.14 bits per heavy atom. The Balaban J connectivity index is 1.38. The van der Waals surface area contributed by atoms with E-state index in [1.165, 1.54) is 6.08 Å². The molecule has 11 heteroatoms. The number of aromatic nitrogens is 5. The zero-order chi connectivity index (χ0) is 24.9. The molecule has 0 bridgehead atoms. The van der Waals surface area contributed by atoms with Crippen molar-refractivity contribution in [1.29, 1.82) is 0 Å². The Hall–Kier alpha value is -4.48. The average Bonchev–Trinajstić information content (AvgIpc) is 2.93. The van der Waals surface area contributed by atoms with Crippen molar-refractivity contribution in [1.82, 2.24) is 24.9 Å². The van der Waals surface area contributed by atoms with E-state index in [4.69, 9.17) is 4.74 Å². The van der Waals surface area contributed by atoms with Crippen molar-refractivity contribution in [2.24, 2.45) is 0 Å². The lowest BCUT2D eigenvalue weighted by Crippen LogP contribution is -2.44. The summed E-state index contributed by atoms with van der Waals surface area (Å²) in [6.07, 6.45) is 7.68. The van der Waals surface area contributed by atoms with E-state index in [-0.39, 0.29) is 18.6 Å². The molecule has 3 N–H and O–H groups in total. The highest BCUT2D eigenvalue weighted by Crippen LogP contribution is 2.26. The zero-order valence-corrected chi connectivity index (χ0v) is 19.3. The Kier molecular flexibility index (Phi) is 6.74. The van der Waals surface area contributed by atoms with Crippen LogP contribution in [0, 0.1) is 0 Å². The summed E-state index contributed by atoms with van der Waals surface area (Å²) in [5.41, 5.74) is 3.04. The molecule has 11 nitrogen and oxygen atoms in total. The third-order valence-electron chi connectivity index (χ3n) is 5.63. The first kappa shape index (κ1) is 23.3. The Bertz CT molecular complexity index is 1400. The number of anilines is 4. The molecule has 1 saturated heterocycles. The second-order valence-corrected chi connectivity index (χ2v) is 8.07. The summed E-state index contributed by atoms with van der Waals surface area (Å²) in [6.45, 7) is 5.31. The number of hydrogen-bond acceptors (Lipinski definition) is 10. The number of fused-ring (bicyclic) bond motifs is 1. The SMILES string of the molecule is C=CC(=O)Nc1ccnc(-c2nccc3cnc(Nc4ccc(N5CCOC(CO)C5)nc4)nc23)c1. The highest BCUT2D eigenvalue weighted by atomic mass is 16.5. The van der Waals surface area contributed by atoms with Crippen LogP contribution in [0.1, 0.15) is 0 Å². The smallest absolute Gasteiger partial charge is 0.247 e. The van der Waals surface area contributed by atoms with Crippen molar-refractivity contribution in [2.75, 3.05) is 41.8 Å². The van der Waals surface area contributed by atoms with Crippen LogP contribution in [0.4, 0.5) is 23.1 Å². The lowest BCUT2D eigenvalue weighted by Gasteiger charge is -2.32. The van der Waals surface area contributed by atoms with Crippen LogP contribution in [0.25, 0.3) is 22.3 Å². The fourth-order valence-corrected chi connectivity index (χ4v) is 3.85. The topological polar surface area (TPSA) is 138 Å². The summed E-state index contributed by atoms with van der Waals surface area (Å²) in [5, 5.41) is 16.1. The van der Waals surface area contributed by atoms with Crippen LogP contribution in [-0.4, -0.2) is 68.3 Å². The molecule has 5 heterocycles. The van der Waals surface area contributed by atoms with Gasteiger partial charge in [0.2, 0.25) is 11.9 Å². The molecule has 0 aliphatic carbocycles. The summed E-state index contributed by atoms with van der Waals surface area (Å²) in [4.78, 5) is 36.3. The molecule has 4 aromatic heterocycles. The largest absolute Gasteiger partial charge is 0.394 e. The minimum atomic E-state index is -0.312. The van der Waals surface area contributed by atoms with Gasteiger partial charge in [0.25, 0.3) is 0 Å². The van der Waals surface area contributed by atoms with Crippen LogP contribution in [0.5, 0.6) is 0 Å². The summed E-state index contributed by atoms with van der Waals surface area (Å²) in [6, 6.07) is 9.05. The van der Waals surface area contributed by atoms with Gasteiger partial charge in [0.1, 0.15) is 17.0 Å². The first-order valence-corrected chi connectivity index (χ1v) is 11.3. The highest BCUT2D eigenvalue weighted by molar-refractivity contribution is 5.99. The van der Waals surface area contributed by atoms with E-state index in [1.807, 2.05) is 18.2 Å². The quantitative estimate of drug-likeness (QED) is 0.335. The molecule has 1 amide bonds. The Morgan fingerprint density at radius 3 is 2.83 bits per heavy atom. The molecule has 1 aliphatic rings. The van der Waals surface area contributed by atoms with Crippen LogP contribution < -0.4 is 15.5 Å². The molecule has 36 heavy (non-hydrogen) atoms. The van der Waals surface area contributed by atoms with Gasteiger partial charge in [0.15, 0.2) is 0 Å². The van der Waals surface area contributed by atoms with Crippen LogP contribution in [-0.2, 0) is 9.53 Å². The molecule has 4 aromatic rings. The van der Waals surface area contributed by atoms with E-state index in [9.17, 15) is 9.90 Å². The van der Waals surface area contributed by atoms with Crippen molar-refractivity contribution < 1.29 is 14.6 Å². The van der Waals surface area contributed by atoms with Crippen LogP contribution >= 0.6 is 0 Å². The molecule has 0 aromatic carbocycles. The van der Waals surface area contributed by atoms with Crippen LogP contribution in [0.2, 0.25) is 0 Å². The van der Waals surface area contributed by atoms with E-state index in [0.717, 1.165) is 16.9 Å². The van der Waals surface area contributed by atoms with Crippen molar-refractivity contribution in [2.45, 2.75) is 6.10 Å². The molecule has 1 aliphatic heterocycles. The lowest BCUT2D eigenvalue weighted by molar-refractivity contribution is -0.111. The molecule has 0 saturated carbocycles. The number of carbonyl (C=O) groups is 1. The predicted molar refractivity (Wildman–Crippen MR) is 136 cm³/mol. The number of nitrogens with zero attached hydrogens (tertiary/aromatic N) is 6. The van der Waals surface area contributed by atoms with Gasteiger partial charge in [-0.2, -0.15) is 0 Å². The fraction of sp³-hybridized carbons (Fsp3) is 0.200. The molecule has 0 spiro atoms. The molecule has 0 radical (unpaired) electrons. The summed E-state index contributed by atoms with van der Waals surface area (Å²) in [7, 11) is 0. The lowest BCUT2D eigenvalue weighted by atomic mass is 10.1. The minimum absolute atomic E-state index is 0.0183.